The van der Waals surface area contributed by atoms with Crippen LogP contribution < -0.4 is 4.90 Å². The first-order valence-electron chi connectivity index (χ1n) is 18.2. The number of halogens is 2. The van der Waals surface area contributed by atoms with Crippen LogP contribution >= 0.6 is 0 Å². The number of unbranched alkanes of at least 4 members (excludes halogenated alkanes) is 4. The summed E-state index contributed by atoms with van der Waals surface area (Å²) in [6.45, 7) is 6.12. The van der Waals surface area contributed by atoms with Gasteiger partial charge in [0.2, 0.25) is 5.69 Å². The van der Waals surface area contributed by atoms with Crippen LogP contribution in [0.1, 0.15) is 89.7 Å². The van der Waals surface area contributed by atoms with Gasteiger partial charge in [-0.15, -0.1) is 0 Å². The van der Waals surface area contributed by atoms with Crippen molar-refractivity contribution in [1.29, 1.82) is 0 Å². The van der Waals surface area contributed by atoms with Crippen molar-refractivity contribution in [1.82, 2.24) is 0 Å². The third-order valence-electron chi connectivity index (χ3n) is 10.3. The summed E-state index contributed by atoms with van der Waals surface area (Å²) < 4.78 is 130. The van der Waals surface area contributed by atoms with E-state index >= 15 is 4.39 Å². The maximum absolute atomic E-state index is 15.3. The Morgan fingerprint density at radius 1 is 0.821 bits per heavy atom. The number of hydrogen-bond acceptors (Lipinski definition) is 8. The molecule has 0 aliphatic carbocycles. The van der Waals surface area contributed by atoms with Gasteiger partial charge in [0.15, 0.2) is 5.71 Å². The van der Waals surface area contributed by atoms with E-state index in [9.17, 15) is 48.1 Å². The molecule has 56 heavy (non-hydrogen) atoms. The zero-order valence-corrected chi connectivity index (χ0v) is 33.9. The SMILES string of the molecule is CC1(C)C(/C=C/C=C/C=C2/N(CCCCS(=O)(=O)O)c3ccc(S(=O)(=O)O)cc3C2(C)CCCCS(=O)(=O)O)=[N+](CCCCCC(=O)O)c2cc(F)cc(F)c21. The average Bonchev–Trinajstić information content (AvgIpc) is 3.42. The molecule has 2 aromatic rings. The highest BCUT2D eigenvalue weighted by atomic mass is 32.2. The fraction of sp³-hybridized carbons (Fsp3) is 0.474. The predicted octanol–water partition coefficient (Wildman–Crippen LogP) is 6.73. The summed E-state index contributed by atoms with van der Waals surface area (Å²) in [6, 6.07) is 6.24. The zero-order valence-electron chi connectivity index (χ0n) is 31.5. The van der Waals surface area contributed by atoms with Gasteiger partial charge in [0, 0.05) is 54.4 Å². The first-order valence-corrected chi connectivity index (χ1v) is 22.8. The van der Waals surface area contributed by atoms with E-state index in [1.165, 1.54) is 24.3 Å². The second-order valence-corrected chi connectivity index (χ2v) is 19.4. The summed E-state index contributed by atoms with van der Waals surface area (Å²) in [4.78, 5) is 12.5. The van der Waals surface area contributed by atoms with Gasteiger partial charge >= 0.3 is 5.97 Å². The van der Waals surface area contributed by atoms with Gasteiger partial charge in [0.1, 0.15) is 18.2 Å². The molecule has 0 radical (unpaired) electrons. The van der Waals surface area contributed by atoms with Gasteiger partial charge in [-0.3, -0.25) is 18.5 Å². The Hall–Kier alpha value is -3.81. The van der Waals surface area contributed by atoms with Gasteiger partial charge in [0.05, 0.1) is 27.4 Å². The van der Waals surface area contributed by atoms with Gasteiger partial charge in [0.25, 0.3) is 30.4 Å². The molecule has 2 aliphatic heterocycles. The highest BCUT2D eigenvalue weighted by molar-refractivity contribution is 7.86. The van der Waals surface area contributed by atoms with Crippen molar-refractivity contribution in [3.63, 3.8) is 0 Å². The number of nitrogens with zero attached hydrogens (tertiary/aromatic N) is 2. The molecule has 2 aliphatic rings. The van der Waals surface area contributed by atoms with Crippen LogP contribution in [0.5, 0.6) is 0 Å². The number of hydrogen-bond donors (Lipinski definition) is 4. The van der Waals surface area contributed by atoms with Gasteiger partial charge in [-0.1, -0.05) is 24.6 Å². The number of aliphatic carboxylic acids is 1. The van der Waals surface area contributed by atoms with Crippen LogP contribution in [-0.2, 0) is 46.0 Å². The molecule has 0 aromatic heterocycles. The molecule has 18 heteroatoms. The second kappa shape index (κ2) is 17.8. The van der Waals surface area contributed by atoms with E-state index in [2.05, 4.69) is 0 Å². The van der Waals surface area contributed by atoms with E-state index in [0.29, 0.717) is 72.6 Å². The monoisotopic (exact) mass is 843 g/mol. The molecule has 13 nitrogen and oxygen atoms in total. The zero-order chi connectivity index (χ0) is 41.7. The highest BCUT2D eigenvalue weighted by Gasteiger charge is 2.47. The molecule has 0 spiro atoms. The van der Waals surface area contributed by atoms with Gasteiger partial charge in [-0.05, 0) is 89.1 Å². The number of rotatable bonds is 20. The molecule has 0 bridgehead atoms. The summed E-state index contributed by atoms with van der Waals surface area (Å²) >= 11 is 0. The summed E-state index contributed by atoms with van der Waals surface area (Å²) in [7, 11) is -13.1. The Bertz CT molecular complexity index is 2290. The van der Waals surface area contributed by atoms with Gasteiger partial charge < -0.3 is 10.0 Å². The third-order valence-corrected chi connectivity index (χ3v) is 12.7. The van der Waals surface area contributed by atoms with E-state index < -0.39 is 70.3 Å². The fourth-order valence-corrected chi connectivity index (χ4v) is 9.26. The topological polar surface area (TPSA) is 207 Å². The fourth-order valence-electron chi connectivity index (χ4n) is 7.62. The molecule has 308 valence electrons. The minimum absolute atomic E-state index is 0.0144. The molecule has 0 saturated heterocycles. The normalized spacial score (nSPS) is 19.1. The second-order valence-electron chi connectivity index (χ2n) is 14.8. The minimum atomic E-state index is -4.62. The van der Waals surface area contributed by atoms with Crippen LogP contribution in [0.4, 0.5) is 20.2 Å². The van der Waals surface area contributed by atoms with Crippen molar-refractivity contribution >= 4 is 53.4 Å². The predicted molar refractivity (Wildman–Crippen MR) is 209 cm³/mol. The Morgan fingerprint density at radius 2 is 1.48 bits per heavy atom. The number of carboxylic acids is 1. The summed E-state index contributed by atoms with van der Waals surface area (Å²) in [5.74, 6) is -3.27. The first-order chi connectivity index (χ1) is 26.0. The van der Waals surface area contributed by atoms with Crippen LogP contribution in [0.3, 0.4) is 0 Å². The standard InChI is InChI=1S/C38H48F2N2O11S3/c1-37(2)33(42(20-10-5-8-16-35(43)44)32-25-27(39)24-30(40)36(32)37)14-6-4-7-15-34-38(3,19-9-12-22-54(45,46)47)29-26-28(56(51,52)53)17-18-31(29)41(34)21-11-13-23-55(48,49)50/h4,6-7,14-15,17-18,24-26H,5,8-13,16,19-23H2,1-3H3,(H3-,43,44,45,46,47,48,49,50,51,52,53)/p+1. The largest absolute Gasteiger partial charge is 0.481 e. The van der Waals surface area contributed by atoms with Crippen LogP contribution in [0, 0.1) is 11.6 Å². The number of anilines is 1. The molecule has 0 fully saturated rings. The Balaban J connectivity index is 1.74. The van der Waals surface area contributed by atoms with Crippen LogP contribution in [0.15, 0.2) is 71.3 Å². The molecule has 1 atom stereocenters. The number of benzene rings is 2. The van der Waals surface area contributed by atoms with Crippen LogP contribution in [0.2, 0.25) is 0 Å². The molecule has 0 saturated carbocycles. The molecular formula is C38H49F2N2O11S3+. The maximum atomic E-state index is 15.3. The number of fused-ring (bicyclic) bond motifs is 2. The minimum Gasteiger partial charge on any atom is -0.481 e. The number of carboxylic acid groups (broad SMARTS) is 1. The van der Waals surface area contributed by atoms with Gasteiger partial charge in [-0.25, -0.2) is 8.78 Å². The lowest BCUT2D eigenvalue weighted by molar-refractivity contribution is -0.438. The van der Waals surface area contributed by atoms with E-state index in [1.54, 1.807) is 30.4 Å². The quantitative estimate of drug-likeness (QED) is 0.0474. The van der Waals surface area contributed by atoms with Crippen LogP contribution in [-0.4, -0.2) is 84.9 Å². The van der Waals surface area contributed by atoms with E-state index in [4.69, 9.17) is 5.11 Å². The summed E-state index contributed by atoms with van der Waals surface area (Å²) in [5, 5.41) is 9.01. The molecule has 4 rings (SSSR count). The lowest BCUT2D eigenvalue weighted by Crippen LogP contribution is -2.29. The average molecular weight is 844 g/mol. The van der Waals surface area contributed by atoms with E-state index in [-0.39, 0.29) is 37.1 Å². The molecular weight excluding hydrogens is 795 g/mol. The van der Waals surface area contributed by atoms with Gasteiger partial charge in [-0.2, -0.15) is 29.8 Å². The van der Waals surface area contributed by atoms with Crippen molar-refractivity contribution in [3.8, 4) is 0 Å². The Morgan fingerprint density at radius 3 is 2.11 bits per heavy atom. The first kappa shape index (κ1) is 44.9. The van der Waals surface area contributed by atoms with Crippen molar-refractivity contribution in [2.24, 2.45) is 0 Å². The molecule has 2 aromatic carbocycles. The lowest BCUT2D eigenvalue weighted by atomic mass is 9.77. The van der Waals surface area contributed by atoms with Crippen LogP contribution in [0.25, 0.3) is 0 Å². The molecule has 0 amide bonds. The molecule has 4 N–H and O–H groups in total. The van der Waals surface area contributed by atoms with Crippen molar-refractivity contribution in [2.75, 3.05) is 29.5 Å². The van der Waals surface area contributed by atoms with E-state index in [0.717, 1.165) is 6.07 Å². The Labute approximate surface area is 327 Å². The number of allylic oxidation sites excluding steroid dienone is 6. The Kier molecular flexibility index (Phi) is 14.2. The summed E-state index contributed by atoms with van der Waals surface area (Å²) in [6.07, 6.45) is 11.4. The smallest absolute Gasteiger partial charge is 0.303 e. The van der Waals surface area contributed by atoms with Crippen molar-refractivity contribution < 1.29 is 62.2 Å². The maximum Gasteiger partial charge on any atom is 0.303 e. The molecule has 2 heterocycles. The van der Waals surface area contributed by atoms with Crippen molar-refractivity contribution in [3.05, 3.63) is 89.2 Å². The molecule has 1 unspecified atom stereocenters. The van der Waals surface area contributed by atoms with E-state index in [1.807, 2.05) is 30.2 Å². The summed E-state index contributed by atoms with van der Waals surface area (Å²) in [5.41, 5.74) is 1.30. The lowest BCUT2D eigenvalue weighted by Gasteiger charge is -2.30. The highest BCUT2D eigenvalue weighted by Crippen LogP contribution is 2.51. The van der Waals surface area contributed by atoms with Crippen molar-refractivity contribution in [2.45, 2.75) is 94.3 Å². The third kappa shape index (κ3) is 11.2. The number of carbonyl (C=O) groups is 1.